The van der Waals surface area contributed by atoms with E-state index in [-0.39, 0.29) is 0 Å². The lowest BCUT2D eigenvalue weighted by Gasteiger charge is -2.29. The molecule has 0 aromatic carbocycles. The molecule has 0 aromatic heterocycles. The third kappa shape index (κ3) is 2.06. The van der Waals surface area contributed by atoms with E-state index < -0.39 is 0 Å². The van der Waals surface area contributed by atoms with E-state index >= 15 is 0 Å². The number of nitrogens with zero attached hydrogens (tertiary/aromatic N) is 3. The second kappa shape index (κ2) is 3.66. The van der Waals surface area contributed by atoms with Crippen molar-refractivity contribution in [2.75, 3.05) is 33.2 Å². The standard InChI is InChI=1S/C6H11N3S/c1-8-2-4-9(5-3-8)7-6-10/h2-5H2,1H3. The molecule has 0 N–H and O–H groups in total. The van der Waals surface area contributed by atoms with E-state index in [0.717, 1.165) is 26.2 Å². The van der Waals surface area contributed by atoms with Crippen LogP contribution in [0, 0.1) is 0 Å². The average molecular weight is 157 g/mol. The summed E-state index contributed by atoms with van der Waals surface area (Å²) in [7, 11) is 2.11. The van der Waals surface area contributed by atoms with E-state index in [4.69, 9.17) is 0 Å². The quantitative estimate of drug-likeness (QED) is 0.402. The topological polar surface area (TPSA) is 18.8 Å². The Labute approximate surface area is 66.3 Å². The molecule has 10 heavy (non-hydrogen) atoms. The van der Waals surface area contributed by atoms with Crippen molar-refractivity contribution in [3.05, 3.63) is 0 Å². The largest absolute Gasteiger partial charge is 0.303 e. The number of hydrogen-bond acceptors (Lipinski definition) is 4. The number of rotatable bonds is 1. The van der Waals surface area contributed by atoms with Gasteiger partial charge in [0, 0.05) is 26.2 Å². The highest BCUT2D eigenvalue weighted by Crippen LogP contribution is 1.97. The van der Waals surface area contributed by atoms with Crippen molar-refractivity contribution in [1.82, 2.24) is 9.91 Å². The third-order valence-corrected chi connectivity index (χ3v) is 1.74. The molecule has 1 aliphatic heterocycles. The molecule has 0 spiro atoms. The molecule has 0 atom stereocenters. The first-order chi connectivity index (χ1) is 4.83. The predicted octanol–water partition coefficient (Wildman–Crippen LogP) is 0.252. The van der Waals surface area contributed by atoms with Crippen molar-refractivity contribution in [1.29, 1.82) is 0 Å². The van der Waals surface area contributed by atoms with E-state index in [1.54, 1.807) is 0 Å². The highest BCUT2D eigenvalue weighted by atomic mass is 32.1. The number of piperazine rings is 1. The minimum absolute atomic E-state index is 0.972. The summed E-state index contributed by atoms with van der Waals surface area (Å²) in [6.07, 6.45) is 0. The lowest BCUT2D eigenvalue weighted by Crippen LogP contribution is -2.41. The SMILES string of the molecule is CN1CCN(N=C=S)CC1. The van der Waals surface area contributed by atoms with Gasteiger partial charge in [-0.05, 0) is 19.3 Å². The normalized spacial score (nSPS) is 20.3. The minimum atomic E-state index is 0.972. The lowest BCUT2D eigenvalue weighted by molar-refractivity contribution is 0.160. The number of likely N-dealkylation sites (N-methyl/N-ethyl adjacent to an activating group) is 1. The molecule has 1 rings (SSSR count). The summed E-state index contributed by atoms with van der Waals surface area (Å²) in [6, 6.07) is 0. The van der Waals surface area contributed by atoms with Gasteiger partial charge in [0.2, 0.25) is 0 Å². The highest BCUT2D eigenvalue weighted by Gasteiger charge is 2.10. The van der Waals surface area contributed by atoms with Crippen LogP contribution in [0.1, 0.15) is 0 Å². The third-order valence-electron chi connectivity index (χ3n) is 1.66. The van der Waals surface area contributed by atoms with Gasteiger partial charge < -0.3 is 4.90 Å². The van der Waals surface area contributed by atoms with Gasteiger partial charge in [0.05, 0.1) is 5.16 Å². The van der Waals surface area contributed by atoms with Gasteiger partial charge in [-0.25, -0.2) is 0 Å². The number of hydrazone groups is 1. The molecular weight excluding hydrogens is 146 g/mol. The Morgan fingerprint density at radius 2 is 1.90 bits per heavy atom. The summed E-state index contributed by atoms with van der Waals surface area (Å²) < 4.78 is 0. The molecule has 0 unspecified atom stereocenters. The molecule has 0 radical (unpaired) electrons. The first-order valence-corrected chi connectivity index (χ1v) is 3.75. The number of thiocarbonyl (C=S) groups is 1. The summed E-state index contributed by atoms with van der Waals surface area (Å²) >= 11 is 4.49. The smallest absolute Gasteiger partial charge is 0.0846 e. The van der Waals surface area contributed by atoms with E-state index in [2.05, 4.69) is 34.4 Å². The van der Waals surface area contributed by atoms with Crippen molar-refractivity contribution >= 4 is 17.4 Å². The Kier molecular flexibility index (Phi) is 2.81. The molecule has 0 amide bonds. The van der Waals surface area contributed by atoms with Crippen LogP contribution < -0.4 is 0 Å². The highest BCUT2D eigenvalue weighted by molar-refractivity contribution is 7.78. The van der Waals surface area contributed by atoms with E-state index in [9.17, 15) is 0 Å². The first kappa shape index (κ1) is 7.66. The zero-order valence-corrected chi connectivity index (χ0v) is 6.89. The maximum Gasteiger partial charge on any atom is 0.0846 e. The molecule has 56 valence electrons. The second-order valence-corrected chi connectivity index (χ2v) is 2.63. The molecule has 3 nitrogen and oxygen atoms in total. The van der Waals surface area contributed by atoms with Crippen molar-refractivity contribution in [3.63, 3.8) is 0 Å². The van der Waals surface area contributed by atoms with Crippen molar-refractivity contribution in [2.24, 2.45) is 5.10 Å². The molecule has 0 bridgehead atoms. The molecule has 1 heterocycles. The number of hydrogen-bond donors (Lipinski definition) is 0. The minimum Gasteiger partial charge on any atom is -0.303 e. The van der Waals surface area contributed by atoms with Crippen LogP contribution in [0.4, 0.5) is 0 Å². The van der Waals surface area contributed by atoms with Crippen LogP contribution in [0.15, 0.2) is 5.10 Å². The molecule has 0 aromatic rings. The Bertz CT molecular complexity index is 145. The number of isothiocyanates is 1. The van der Waals surface area contributed by atoms with Crippen LogP contribution in [-0.4, -0.2) is 48.3 Å². The Morgan fingerprint density at radius 1 is 1.30 bits per heavy atom. The predicted molar refractivity (Wildman–Crippen MR) is 44.1 cm³/mol. The van der Waals surface area contributed by atoms with Crippen molar-refractivity contribution < 1.29 is 0 Å². The summed E-state index contributed by atoms with van der Waals surface area (Å²) in [6.45, 7) is 4.08. The van der Waals surface area contributed by atoms with Crippen molar-refractivity contribution in [3.8, 4) is 0 Å². The molecule has 0 saturated carbocycles. The fourth-order valence-corrected chi connectivity index (χ4v) is 1.07. The van der Waals surface area contributed by atoms with Crippen LogP contribution in [-0.2, 0) is 0 Å². The fourth-order valence-electron chi connectivity index (χ4n) is 0.954. The van der Waals surface area contributed by atoms with E-state index in [1.165, 1.54) is 0 Å². The van der Waals surface area contributed by atoms with Crippen LogP contribution in [0.25, 0.3) is 0 Å². The Hall–Kier alpha value is -0.440. The van der Waals surface area contributed by atoms with Gasteiger partial charge in [-0.2, -0.15) is 0 Å². The second-order valence-electron chi connectivity index (χ2n) is 2.45. The van der Waals surface area contributed by atoms with Gasteiger partial charge in [-0.3, -0.25) is 5.01 Å². The lowest BCUT2D eigenvalue weighted by atomic mass is 10.4. The van der Waals surface area contributed by atoms with Gasteiger partial charge in [0.15, 0.2) is 0 Å². The monoisotopic (exact) mass is 157 g/mol. The van der Waals surface area contributed by atoms with Gasteiger partial charge in [-0.15, -0.1) is 5.10 Å². The summed E-state index contributed by atoms with van der Waals surface area (Å²) in [5, 5.41) is 8.21. The first-order valence-electron chi connectivity index (χ1n) is 3.34. The molecular formula is C6H11N3S. The Morgan fingerprint density at radius 3 is 2.40 bits per heavy atom. The maximum atomic E-state index is 4.49. The van der Waals surface area contributed by atoms with Crippen LogP contribution in [0.3, 0.4) is 0 Å². The maximum absolute atomic E-state index is 4.49. The average Bonchev–Trinajstić information content (AvgIpc) is 1.95. The van der Waals surface area contributed by atoms with Gasteiger partial charge >= 0.3 is 0 Å². The molecule has 1 fully saturated rings. The van der Waals surface area contributed by atoms with Gasteiger partial charge in [-0.1, -0.05) is 0 Å². The van der Waals surface area contributed by atoms with Crippen LogP contribution >= 0.6 is 12.2 Å². The van der Waals surface area contributed by atoms with Gasteiger partial charge in [0.25, 0.3) is 0 Å². The Balaban J connectivity index is 2.32. The zero-order valence-electron chi connectivity index (χ0n) is 6.08. The summed E-state index contributed by atoms with van der Waals surface area (Å²) in [4.78, 5) is 2.27. The van der Waals surface area contributed by atoms with E-state index in [0.29, 0.717) is 0 Å². The molecule has 4 heteroatoms. The molecule has 1 aliphatic rings. The van der Waals surface area contributed by atoms with Crippen LogP contribution in [0.2, 0.25) is 0 Å². The van der Waals surface area contributed by atoms with Crippen LogP contribution in [0.5, 0.6) is 0 Å². The molecule has 1 saturated heterocycles. The van der Waals surface area contributed by atoms with Gasteiger partial charge in [0.1, 0.15) is 0 Å². The summed E-state index contributed by atoms with van der Waals surface area (Å²) in [5.74, 6) is 0. The molecule has 0 aliphatic carbocycles. The van der Waals surface area contributed by atoms with Crippen molar-refractivity contribution in [2.45, 2.75) is 0 Å². The zero-order chi connectivity index (χ0) is 7.40. The fraction of sp³-hybridized carbons (Fsp3) is 0.833. The van der Waals surface area contributed by atoms with E-state index in [1.807, 2.05) is 5.01 Å². The summed E-state index contributed by atoms with van der Waals surface area (Å²) in [5.41, 5.74) is 0.